The number of nitrogens with zero attached hydrogens (tertiary/aromatic N) is 6. The lowest BCUT2D eigenvalue weighted by atomic mass is 9.99. The van der Waals surface area contributed by atoms with Crippen LogP contribution in [0.2, 0.25) is 0 Å². The highest BCUT2D eigenvalue weighted by atomic mass is 19.1. The summed E-state index contributed by atoms with van der Waals surface area (Å²) in [5.74, 6) is 0.0471. The van der Waals surface area contributed by atoms with Crippen LogP contribution in [0.5, 0.6) is 5.75 Å². The maximum Gasteiger partial charge on any atom is 0.183 e. The molecule has 0 amide bonds. The van der Waals surface area contributed by atoms with Crippen molar-refractivity contribution in [2.24, 2.45) is 0 Å². The molecule has 0 N–H and O–H groups in total. The van der Waals surface area contributed by atoms with Crippen LogP contribution in [-0.4, -0.2) is 36.2 Å². The number of methoxy groups -OCH3 is 1. The van der Waals surface area contributed by atoms with Crippen molar-refractivity contribution in [3.63, 3.8) is 0 Å². The molecule has 0 saturated heterocycles. The Labute approximate surface area is 187 Å². The van der Waals surface area contributed by atoms with Gasteiger partial charge in [0, 0.05) is 41.7 Å². The Morgan fingerprint density at radius 3 is 2.73 bits per heavy atom. The minimum atomic E-state index is -1.35. The third kappa shape index (κ3) is 3.06. The van der Waals surface area contributed by atoms with Crippen molar-refractivity contribution in [2.45, 2.75) is 32.0 Å². The fourth-order valence-electron chi connectivity index (χ4n) is 4.18. The Morgan fingerprint density at radius 1 is 1.12 bits per heavy atom. The maximum absolute atomic E-state index is 15.1. The number of ether oxygens (including phenoxy) is 1. The van der Waals surface area contributed by atoms with Crippen molar-refractivity contribution in [1.82, 2.24) is 29.1 Å². The number of fused-ring (bicyclic) bond motifs is 2. The lowest BCUT2D eigenvalue weighted by Crippen LogP contribution is -1.97. The molecule has 166 valence electrons. The normalized spacial score (nSPS) is 14.8. The molecule has 7 nitrogen and oxygen atoms in total. The number of halogens is 2. The number of rotatable bonds is 5. The summed E-state index contributed by atoms with van der Waals surface area (Å²) in [7, 11) is 1.52. The second-order valence-corrected chi connectivity index (χ2v) is 8.27. The van der Waals surface area contributed by atoms with Crippen molar-refractivity contribution < 1.29 is 13.5 Å². The van der Waals surface area contributed by atoms with Crippen molar-refractivity contribution in [2.75, 3.05) is 7.11 Å². The molecule has 6 rings (SSSR count). The molecule has 4 heterocycles. The Kier molecular flexibility index (Phi) is 4.23. The van der Waals surface area contributed by atoms with Gasteiger partial charge < -0.3 is 13.7 Å². The highest BCUT2D eigenvalue weighted by Gasteiger charge is 2.47. The molecule has 0 bridgehead atoms. The van der Waals surface area contributed by atoms with Crippen LogP contribution in [0.25, 0.3) is 39.1 Å². The molecule has 0 atom stereocenters. The number of hydrogen-bond donors (Lipinski definition) is 0. The Hall–Kier alpha value is -3.88. The monoisotopic (exact) mass is 446 g/mol. The summed E-state index contributed by atoms with van der Waals surface area (Å²) < 4.78 is 38.8. The van der Waals surface area contributed by atoms with Gasteiger partial charge in [-0.1, -0.05) is 6.07 Å². The van der Waals surface area contributed by atoms with Crippen LogP contribution < -0.4 is 4.74 Å². The topological polar surface area (TPSA) is 70.1 Å². The molecule has 0 aliphatic heterocycles. The molecule has 1 aliphatic rings. The second kappa shape index (κ2) is 7.06. The average molecular weight is 446 g/mol. The van der Waals surface area contributed by atoms with E-state index < -0.39 is 11.5 Å². The van der Waals surface area contributed by atoms with E-state index in [4.69, 9.17) is 4.74 Å². The fourth-order valence-corrected chi connectivity index (χ4v) is 4.18. The van der Waals surface area contributed by atoms with Crippen LogP contribution in [0, 0.1) is 5.82 Å². The van der Waals surface area contributed by atoms with E-state index in [-0.39, 0.29) is 0 Å². The zero-order chi connectivity index (χ0) is 22.7. The van der Waals surface area contributed by atoms with Gasteiger partial charge in [0.15, 0.2) is 11.3 Å². The molecule has 1 fully saturated rings. The number of imidazole rings is 2. The Morgan fingerprint density at radius 2 is 1.97 bits per heavy atom. The van der Waals surface area contributed by atoms with Gasteiger partial charge in [-0.25, -0.2) is 18.7 Å². The number of aryl methyl sites for hydroxylation is 1. The number of pyridine rings is 1. The first kappa shape index (κ1) is 19.8. The quantitative estimate of drug-likeness (QED) is 0.383. The predicted octanol–water partition coefficient (Wildman–Crippen LogP) is 4.93. The molecule has 4 aromatic heterocycles. The highest BCUT2D eigenvalue weighted by molar-refractivity contribution is 5.90. The van der Waals surface area contributed by atoms with Gasteiger partial charge in [-0.3, -0.25) is 0 Å². The molecule has 5 aromatic rings. The summed E-state index contributed by atoms with van der Waals surface area (Å²) in [6.45, 7) is 2.72. The number of alkyl halides is 1. The van der Waals surface area contributed by atoms with Gasteiger partial charge in [-0.05, 0) is 37.5 Å². The summed E-state index contributed by atoms with van der Waals surface area (Å²) in [4.78, 5) is 8.90. The molecule has 0 radical (unpaired) electrons. The summed E-state index contributed by atoms with van der Waals surface area (Å²) in [5, 5.41) is 8.32. The smallest absolute Gasteiger partial charge is 0.183 e. The molecular weight excluding hydrogens is 426 g/mol. The van der Waals surface area contributed by atoms with Gasteiger partial charge in [-0.2, -0.15) is 5.10 Å². The van der Waals surface area contributed by atoms with Crippen molar-refractivity contribution in [3.05, 3.63) is 60.7 Å². The first-order valence-electron chi connectivity index (χ1n) is 10.7. The van der Waals surface area contributed by atoms with Gasteiger partial charge in [0.05, 0.1) is 25.3 Å². The standard InChI is InChI=1S/C24H20F2N6O/c1-3-31-13-27-22-16(10-28-30-23(22)31)14-4-5-18(25)15(8-14)17-11-32-12-20(24(26)6-7-24)29-21(32)9-19(17)33-2/h4-5,8-13H,3,6-7H2,1-2H3. The van der Waals surface area contributed by atoms with Crippen LogP contribution >= 0.6 is 0 Å². The second-order valence-electron chi connectivity index (χ2n) is 8.27. The number of hydrogen-bond acceptors (Lipinski definition) is 5. The molecule has 0 unspecified atom stereocenters. The van der Waals surface area contributed by atoms with Gasteiger partial charge in [0.1, 0.15) is 22.7 Å². The van der Waals surface area contributed by atoms with E-state index in [0.29, 0.717) is 58.8 Å². The third-order valence-electron chi connectivity index (χ3n) is 6.24. The van der Waals surface area contributed by atoms with Gasteiger partial charge >= 0.3 is 0 Å². The molecule has 1 aliphatic carbocycles. The lowest BCUT2D eigenvalue weighted by Gasteiger charge is -2.12. The van der Waals surface area contributed by atoms with Gasteiger partial charge in [0.25, 0.3) is 0 Å². The first-order chi connectivity index (χ1) is 16.0. The van der Waals surface area contributed by atoms with Crippen molar-refractivity contribution >= 4 is 16.8 Å². The minimum absolute atomic E-state index is 0.350. The van der Waals surface area contributed by atoms with Crippen LogP contribution in [0.4, 0.5) is 8.78 Å². The number of benzene rings is 1. The van der Waals surface area contributed by atoms with E-state index in [9.17, 15) is 4.39 Å². The SMILES string of the molecule is CCn1cnc2c(-c3ccc(F)c(-c4cn5cc(C6(F)CC6)nc5cc4OC)c3)cnnc21. The largest absolute Gasteiger partial charge is 0.496 e. The molecular formula is C24H20F2N6O. The van der Waals surface area contributed by atoms with Crippen LogP contribution in [0.3, 0.4) is 0 Å². The molecule has 9 heteroatoms. The third-order valence-corrected chi connectivity index (χ3v) is 6.24. The molecule has 1 saturated carbocycles. The zero-order valence-electron chi connectivity index (χ0n) is 18.1. The zero-order valence-corrected chi connectivity index (χ0v) is 18.1. The maximum atomic E-state index is 15.1. The summed E-state index contributed by atoms with van der Waals surface area (Å²) in [6, 6.07) is 6.56. The summed E-state index contributed by atoms with van der Waals surface area (Å²) >= 11 is 0. The fraction of sp³-hybridized carbons (Fsp3) is 0.250. The van der Waals surface area contributed by atoms with E-state index >= 15 is 4.39 Å². The Bertz CT molecular complexity index is 1540. The van der Waals surface area contributed by atoms with E-state index in [2.05, 4.69) is 20.2 Å². The van der Waals surface area contributed by atoms with Crippen LogP contribution in [0.1, 0.15) is 25.5 Å². The van der Waals surface area contributed by atoms with Crippen LogP contribution in [-0.2, 0) is 12.2 Å². The van der Waals surface area contributed by atoms with Gasteiger partial charge in [0.2, 0.25) is 0 Å². The van der Waals surface area contributed by atoms with E-state index in [1.165, 1.54) is 13.2 Å². The lowest BCUT2D eigenvalue weighted by molar-refractivity contribution is 0.310. The van der Waals surface area contributed by atoms with E-state index in [0.717, 1.165) is 11.1 Å². The average Bonchev–Trinajstić information content (AvgIpc) is 3.25. The summed E-state index contributed by atoms with van der Waals surface area (Å²) in [5.41, 5.74) is 3.36. The predicted molar refractivity (Wildman–Crippen MR) is 119 cm³/mol. The first-order valence-corrected chi connectivity index (χ1v) is 10.7. The molecule has 33 heavy (non-hydrogen) atoms. The van der Waals surface area contributed by atoms with Crippen molar-refractivity contribution in [1.29, 1.82) is 0 Å². The highest BCUT2D eigenvalue weighted by Crippen LogP contribution is 2.49. The molecule has 1 aromatic carbocycles. The Balaban J connectivity index is 1.52. The van der Waals surface area contributed by atoms with E-state index in [1.54, 1.807) is 47.5 Å². The van der Waals surface area contributed by atoms with Crippen LogP contribution in [0.15, 0.2) is 49.2 Å². The van der Waals surface area contributed by atoms with Crippen molar-refractivity contribution in [3.8, 4) is 28.0 Å². The molecule has 0 spiro atoms. The summed E-state index contributed by atoms with van der Waals surface area (Å²) in [6.07, 6.45) is 7.69. The minimum Gasteiger partial charge on any atom is -0.496 e. The van der Waals surface area contributed by atoms with Gasteiger partial charge in [-0.15, -0.1) is 5.10 Å². The number of aromatic nitrogens is 6. The van der Waals surface area contributed by atoms with E-state index in [1.807, 2.05) is 11.5 Å².